The van der Waals surface area contributed by atoms with Crippen LogP contribution in [0.3, 0.4) is 0 Å². The molecule has 1 aliphatic heterocycles. The Morgan fingerprint density at radius 2 is 2.25 bits per heavy atom. The lowest BCUT2D eigenvalue weighted by molar-refractivity contribution is 0.448. The van der Waals surface area contributed by atoms with Gasteiger partial charge in [0.25, 0.3) is 10.0 Å². The van der Waals surface area contributed by atoms with E-state index in [4.69, 9.17) is 5.26 Å². The van der Waals surface area contributed by atoms with Crippen LogP contribution in [0.4, 0.5) is 4.39 Å². The number of benzene rings is 1. The van der Waals surface area contributed by atoms with E-state index in [0.717, 1.165) is 5.56 Å². The van der Waals surface area contributed by atoms with Crippen LogP contribution in [-0.2, 0) is 23.5 Å². The third-order valence-corrected chi connectivity index (χ3v) is 6.11. The predicted octanol–water partition coefficient (Wildman–Crippen LogP) is 1.08. The molecule has 1 atom stereocenters. The van der Waals surface area contributed by atoms with Gasteiger partial charge in [0.1, 0.15) is 11.9 Å². The Morgan fingerprint density at radius 3 is 2.92 bits per heavy atom. The minimum absolute atomic E-state index is 0.0101. The number of nitriles is 1. The first kappa shape index (κ1) is 16.5. The molecule has 0 aliphatic carbocycles. The lowest BCUT2D eigenvalue weighted by Gasteiger charge is -2.16. The van der Waals surface area contributed by atoms with Crippen LogP contribution in [0.1, 0.15) is 17.5 Å². The summed E-state index contributed by atoms with van der Waals surface area (Å²) in [7, 11) is -2.07. The van der Waals surface area contributed by atoms with Gasteiger partial charge in [0, 0.05) is 20.1 Å². The molecule has 3 rings (SSSR count). The molecule has 126 valence electrons. The van der Waals surface area contributed by atoms with Crippen molar-refractivity contribution in [3.05, 3.63) is 41.3 Å². The number of halogens is 1. The first-order chi connectivity index (χ1) is 11.4. The highest BCUT2D eigenvalue weighted by atomic mass is 32.2. The van der Waals surface area contributed by atoms with Crippen molar-refractivity contribution in [2.75, 3.05) is 13.1 Å². The Bertz CT molecular complexity index is 903. The normalized spacial score (nSPS) is 18.6. The maximum atomic E-state index is 13.4. The van der Waals surface area contributed by atoms with E-state index < -0.39 is 15.8 Å². The quantitative estimate of drug-likeness (QED) is 0.823. The van der Waals surface area contributed by atoms with Crippen molar-refractivity contribution in [1.82, 2.24) is 19.3 Å². The molecule has 0 bridgehead atoms. The molecule has 2 heterocycles. The lowest BCUT2D eigenvalue weighted by Crippen LogP contribution is -2.30. The van der Waals surface area contributed by atoms with Crippen LogP contribution in [0.25, 0.3) is 0 Å². The van der Waals surface area contributed by atoms with Crippen molar-refractivity contribution in [2.24, 2.45) is 13.0 Å². The van der Waals surface area contributed by atoms with Gasteiger partial charge < -0.3 is 0 Å². The van der Waals surface area contributed by atoms with Crippen molar-refractivity contribution in [1.29, 1.82) is 5.26 Å². The fraction of sp³-hybridized carbons (Fsp3) is 0.400. The van der Waals surface area contributed by atoms with E-state index in [9.17, 15) is 12.8 Å². The van der Waals surface area contributed by atoms with Crippen LogP contribution in [-0.4, -0.2) is 40.8 Å². The van der Waals surface area contributed by atoms with Gasteiger partial charge in [-0.3, -0.25) is 0 Å². The third-order valence-electron chi connectivity index (χ3n) is 4.20. The van der Waals surface area contributed by atoms with Gasteiger partial charge in [-0.25, -0.2) is 17.5 Å². The summed E-state index contributed by atoms with van der Waals surface area (Å²) in [5, 5.41) is 16.2. The second-order valence-corrected chi connectivity index (χ2v) is 7.73. The molecule has 1 aliphatic rings. The maximum Gasteiger partial charge on any atom is 0.261 e. The summed E-state index contributed by atoms with van der Waals surface area (Å²) in [4.78, 5) is 0. The first-order valence-corrected chi connectivity index (χ1v) is 8.89. The van der Waals surface area contributed by atoms with E-state index in [-0.39, 0.29) is 16.5 Å². The summed E-state index contributed by atoms with van der Waals surface area (Å²) in [6.07, 6.45) is 2.55. The maximum absolute atomic E-state index is 13.4. The average Bonchev–Trinajstić information content (AvgIpc) is 3.18. The molecule has 1 aromatic carbocycles. The number of nitrogens with zero attached hydrogens (tertiary/aromatic N) is 5. The minimum atomic E-state index is -3.61. The van der Waals surface area contributed by atoms with Crippen LogP contribution < -0.4 is 0 Å². The number of rotatable bonds is 4. The summed E-state index contributed by atoms with van der Waals surface area (Å²) in [6.45, 7) is 0.803. The Labute approximate surface area is 139 Å². The van der Waals surface area contributed by atoms with Crippen molar-refractivity contribution in [3.8, 4) is 6.07 Å². The van der Waals surface area contributed by atoms with E-state index in [1.807, 2.05) is 6.07 Å². The Morgan fingerprint density at radius 1 is 1.46 bits per heavy atom. The van der Waals surface area contributed by atoms with Crippen LogP contribution in [0.15, 0.2) is 29.4 Å². The summed E-state index contributed by atoms with van der Waals surface area (Å²) in [5.41, 5.74) is 0.843. The van der Waals surface area contributed by atoms with Crippen molar-refractivity contribution in [2.45, 2.75) is 17.9 Å². The molecular formula is C15H16FN5O2S. The average molecular weight is 349 g/mol. The molecule has 2 aromatic rings. The highest BCUT2D eigenvalue weighted by molar-refractivity contribution is 7.89. The summed E-state index contributed by atoms with van der Waals surface area (Å²) < 4.78 is 41.2. The second kappa shape index (κ2) is 6.30. The molecule has 0 radical (unpaired) electrons. The molecule has 0 amide bonds. The standard InChI is InChI=1S/C15H16FN5O2S/c1-20-15(9-18-19-20)24(22,23)21-5-4-12(10-21)6-11-2-3-14(16)13(7-11)8-17/h2-3,7,9,12H,4-6,10H2,1H3. The summed E-state index contributed by atoms with van der Waals surface area (Å²) in [6, 6.07) is 6.26. The number of hydrogen-bond donors (Lipinski definition) is 0. The second-order valence-electron chi connectivity index (χ2n) is 5.84. The highest BCUT2D eigenvalue weighted by Gasteiger charge is 2.34. The van der Waals surface area contributed by atoms with Crippen LogP contribution in [0.5, 0.6) is 0 Å². The number of sulfonamides is 1. The molecule has 7 nitrogen and oxygen atoms in total. The lowest BCUT2D eigenvalue weighted by atomic mass is 9.97. The molecule has 1 fully saturated rings. The van der Waals surface area contributed by atoms with Gasteiger partial charge in [-0.05, 0) is 36.5 Å². The SMILES string of the molecule is Cn1nncc1S(=O)(=O)N1CCC(Cc2ccc(F)c(C#N)c2)C1. The summed E-state index contributed by atoms with van der Waals surface area (Å²) >= 11 is 0. The Kier molecular flexibility index (Phi) is 4.34. The van der Waals surface area contributed by atoms with Gasteiger partial charge in [0.15, 0.2) is 5.03 Å². The van der Waals surface area contributed by atoms with E-state index in [1.54, 1.807) is 6.07 Å². The van der Waals surface area contributed by atoms with Gasteiger partial charge >= 0.3 is 0 Å². The smallest absolute Gasteiger partial charge is 0.236 e. The number of hydrogen-bond acceptors (Lipinski definition) is 5. The Balaban J connectivity index is 1.72. The molecule has 0 spiro atoms. The molecular weight excluding hydrogens is 333 g/mol. The van der Waals surface area contributed by atoms with Gasteiger partial charge in [-0.2, -0.15) is 9.57 Å². The first-order valence-electron chi connectivity index (χ1n) is 7.45. The zero-order chi connectivity index (χ0) is 17.3. The van der Waals surface area contributed by atoms with Crippen LogP contribution >= 0.6 is 0 Å². The monoisotopic (exact) mass is 349 g/mol. The van der Waals surface area contributed by atoms with Gasteiger partial charge in [-0.15, -0.1) is 5.10 Å². The fourth-order valence-electron chi connectivity index (χ4n) is 2.95. The largest absolute Gasteiger partial charge is 0.261 e. The van der Waals surface area contributed by atoms with Crippen LogP contribution in [0, 0.1) is 23.1 Å². The fourth-order valence-corrected chi connectivity index (χ4v) is 4.51. The van der Waals surface area contributed by atoms with Crippen molar-refractivity contribution >= 4 is 10.0 Å². The molecule has 0 N–H and O–H groups in total. The van der Waals surface area contributed by atoms with E-state index in [1.165, 1.54) is 34.4 Å². The molecule has 1 saturated heterocycles. The van der Waals surface area contributed by atoms with E-state index in [0.29, 0.717) is 25.9 Å². The number of aromatic nitrogens is 3. The molecule has 1 unspecified atom stereocenters. The number of aryl methyl sites for hydroxylation is 1. The molecule has 1 aromatic heterocycles. The highest BCUT2D eigenvalue weighted by Crippen LogP contribution is 2.26. The molecule has 0 saturated carbocycles. The van der Waals surface area contributed by atoms with Gasteiger partial charge in [0.05, 0.1) is 11.8 Å². The van der Waals surface area contributed by atoms with Crippen LogP contribution in [0.2, 0.25) is 0 Å². The van der Waals surface area contributed by atoms with E-state index >= 15 is 0 Å². The zero-order valence-electron chi connectivity index (χ0n) is 13.1. The third kappa shape index (κ3) is 3.02. The van der Waals surface area contributed by atoms with Crippen molar-refractivity contribution < 1.29 is 12.8 Å². The zero-order valence-corrected chi connectivity index (χ0v) is 13.9. The predicted molar refractivity (Wildman–Crippen MR) is 82.7 cm³/mol. The Hall–Kier alpha value is -2.31. The van der Waals surface area contributed by atoms with Gasteiger partial charge in [0.2, 0.25) is 0 Å². The molecule has 24 heavy (non-hydrogen) atoms. The topological polar surface area (TPSA) is 91.9 Å². The molecule has 9 heteroatoms. The van der Waals surface area contributed by atoms with Crippen molar-refractivity contribution in [3.63, 3.8) is 0 Å². The minimum Gasteiger partial charge on any atom is -0.236 e. The van der Waals surface area contributed by atoms with E-state index in [2.05, 4.69) is 10.3 Å². The van der Waals surface area contributed by atoms with Gasteiger partial charge in [-0.1, -0.05) is 11.3 Å². The summed E-state index contributed by atoms with van der Waals surface area (Å²) in [5.74, 6) is -0.418.